The molecule has 0 amide bonds. The summed E-state index contributed by atoms with van der Waals surface area (Å²) in [5, 5.41) is 0.441. The van der Waals surface area contributed by atoms with Crippen LogP contribution in [-0.2, 0) is 14.8 Å². The van der Waals surface area contributed by atoms with E-state index >= 15 is 0 Å². The van der Waals surface area contributed by atoms with E-state index in [9.17, 15) is 8.42 Å². The molecular formula is C12H14ClNO3S. The van der Waals surface area contributed by atoms with Crippen LogP contribution in [0.2, 0.25) is 5.02 Å². The number of rotatable bonds is 2. The second-order valence-electron chi connectivity index (χ2n) is 4.71. The van der Waals surface area contributed by atoms with Crippen LogP contribution in [-0.4, -0.2) is 38.0 Å². The molecule has 18 heavy (non-hydrogen) atoms. The van der Waals surface area contributed by atoms with E-state index in [0.29, 0.717) is 18.2 Å². The maximum Gasteiger partial charge on any atom is 0.243 e. The molecule has 0 N–H and O–H groups in total. The van der Waals surface area contributed by atoms with Crippen LogP contribution in [0.5, 0.6) is 0 Å². The molecule has 2 unspecified atom stereocenters. The summed E-state index contributed by atoms with van der Waals surface area (Å²) in [5.41, 5.74) is 0. The molecule has 2 bridgehead atoms. The Bertz CT molecular complexity index is 544. The fourth-order valence-electron chi connectivity index (χ4n) is 2.73. The summed E-state index contributed by atoms with van der Waals surface area (Å²) in [6, 6.07) is 6.40. The van der Waals surface area contributed by atoms with Gasteiger partial charge in [0.25, 0.3) is 0 Å². The minimum atomic E-state index is -3.45. The fraction of sp³-hybridized carbons (Fsp3) is 0.500. The van der Waals surface area contributed by atoms with E-state index in [1.807, 2.05) is 0 Å². The normalized spacial score (nSPS) is 28.5. The van der Waals surface area contributed by atoms with E-state index in [1.54, 1.807) is 22.5 Å². The van der Waals surface area contributed by atoms with Crippen molar-refractivity contribution < 1.29 is 13.2 Å². The third kappa shape index (κ3) is 1.95. The summed E-state index contributed by atoms with van der Waals surface area (Å²) < 4.78 is 32.2. The molecule has 98 valence electrons. The van der Waals surface area contributed by atoms with Crippen molar-refractivity contribution in [2.75, 3.05) is 13.2 Å². The largest absolute Gasteiger partial charge is 0.378 e. The summed E-state index contributed by atoms with van der Waals surface area (Å²) in [4.78, 5) is 0.272. The van der Waals surface area contributed by atoms with E-state index in [-0.39, 0.29) is 17.0 Å². The van der Waals surface area contributed by atoms with Crippen LogP contribution in [0.3, 0.4) is 0 Å². The Kier molecular flexibility index (Phi) is 3.10. The molecule has 0 spiro atoms. The van der Waals surface area contributed by atoms with Crippen LogP contribution in [0.25, 0.3) is 0 Å². The first-order chi connectivity index (χ1) is 8.59. The molecule has 0 aromatic heterocycles. The maximum absolute atomic E-state index is 12.6. The molecule has 2 aliphatic heterocycles. The predicted octanol–water partition coefficient (Wildman–Crippen LogP) is 1.89. The minimum absolute atomic E-state index is 0.0206. The number of nitrogens with zero attached hydrogens (tertiary/aromatic N) is 1. The van der Waals surface area contributed by atoms with Gasteiger partial charge in [-0.05, 0) is 31.0 Å². The Morgan fingerprint density at radius 2 is 1.89 bits per heavy atom. The zero-order valence-corrected chi connectivity index (χ0v) is 11.3. The number of morpholine rings is 1. The summed E-state index contributed by atoms with van der Waals surface area (Å²) in [5.74, 6) is 0. The number of halogens is 1. The van der Waals surface area contributed by atoms with Crippen molar-refractivity contribution in [1.29, 1.82) is 0 Å². The van der Waals surface area contributed by atoms with Crippen LogP contribution in [0, 0.1) is 0 Å². The first kappa shape index (κ1) is 12.4. The molecule has 1 aromatic carbocycles. The highest BCUT2D eigenvalue weighted by Gasteiger charge is 2.44. The molecule has 0 saturated carbocycles. The highest BCUT2D eigenvalue weighted by molar-refractivity contribution is 7.89. The Balaban J connectivity index is 2.00. The van der Waals surface area contributed by atoms with Gasteiger partial charge in [0.15, 0.2) is 0 Å². The molecular weight excluding hydrogens is 274 g/mol. The van der Waals surface area contributed by atoms with Crippen molar-refractivity contribution in [3.63, 3.8) is 0 Å². The maximum atomic E-state index is 12.6. The second-order valence-corrected chi connectivity index (χ2v) is 6.99. The van der Waals surface area contributed by atoms with Crippen molar-refractivity contribution in [2.45, 2.75) is 29.8 Å². The molecule has 2 aliphatic rings. The summed E-state index contributed by atoms with van der Waals surface area (Å²) in [7, 11) is -3.45. The molecule has 2 saturated heterocycles. The molecule has 3 rings (SSSR count). The van der Waals surface area contributed by atoms with Crippen LogP contribution >= 0.6 is 11.6 Å². The average Bonchev–Trinajstić information content (AvgIpc) is 2.61. The molecule has 6 heteroatoms. The van der Waals surface area contributed by atoms with Gasteiger partial charge in [-0.1, -0.05) is 17.7 Å². The Morgan fingerprint density at radius 3 is 2.50 bits per heavy atom. The van der Waals surface area contributed by atoms with E-state index in [1.165, 1.54) is 6.07 Å². The summed E-state index contributed by atoms with van der Waals surface area (Å²) >= 11 is 5.87. The van der Waals surface area contributed by atoms with Gasteiger partial charge >= 0.3 is 0 Å². The molecule has 2 atom stereocenters. The Hall–Kier alpha value is -0.620. The van der Waals surface area contributed by atoms with Crippen LogP contribution < -0.4 is 0 Å². The smallest absolute Gasteiger partial charge is 0.243 e. The first-order valence-corrected chi connectivity index (χ1v) is 7.78. The van der Waals surface area contributed by atoms with E-state index < -0.39 is 10.0 Å². The van der Waals surface area contributed by atoms with Gasteiger partial charge in [-0.15, -0.1) is 0 Å². The van der Waals surface area contributed by atoms with Crippen molar-refractivity contribution in [2.24, 2.45) is 0 Å². The average molecular weight is 288 g/mol. The van der Waals surface area contributed by atoms with Gasteiger partial charge in [-0.25, -0.2) is 8.42 Å². The van der Waals surface area contributed by atoms with Crippen LogP contribution in [0.1, 0.15) is 12.8 Å². The zero-order valence-electron chi connectivity index (χ0n) is 9.75. The number of hydrogen-bond acceptors (Lipinski definition) is 3. The van der Waals surface area contributed by atoms with Gasteiger partial charge < -0.3 is 4.74 Å². The SMILES string of the molecule is O=S(=O)(c1cccc(Cl)c1)N1C2CCC1COC2. The molecule has 0 radical (unpaired) electrons. The quantitative estimate of drug-likeness (QED) is 0.834. The van der Waals surface area contributed by atoms with Crippen LogP contribution in [0.15, 0.2) is 29.2 Å². The highest BCUT2D eigenvalue weighted by Crippen LogP contribution is 2.34. The lowest BCUT2D eigenvalue weighted by atomic mass is 10.2. The van der Waals surface area contributed by atoms with Gasteiger partial charge in [-0.2, -0.15) is 4.31 Å². The minimum Gasteiger partial charge on any atom is -0.378 e. The lowest BCUT2D eigenvalue weighted by Gasteiger charge is -2.33. The topological polar surface area (TPSA) is 46.6 Å². The Labute approximate surface area is 112 Å². The number of sulfonamides is 1. The molecule has 4 nitrogen and oxygen atoms in total. The molecule has 0 aliphatic carbocycles. The molecule has 2 heterocycles. The van der Waals surface area contributed by atoms with Crippen molar-refractivity contribution in [3.8, 4) is 0 Å². The number of benzene rings is 1. The fourth-order valence-corrected chi connectivity index (χ4v) is 4.88. The monoisotopic (exact) mass is 287 g/mol. The first-order valence-electron chi connectivity index (χ1n) is 5.96. The number of ether oxygens (including phenoxy) is 1. The van der Waals surface area contributed by atoms with Gasteiger partial charge in [-0.3, -0.25) is 0 Å². The van der Waals surface area contributed by atoms with Crippen LogP contribution in [0.4, 0.5) is 0 Å². The molecule has 2 fully saturated rings. The van der Waals surface area contributed by atoms with E-state index in [4.69, 9.17) is 16.3 Å². The van der Waals surface area contributed by atoms with Gasteiger partial charge in [0, 0.05) is 17.1 Å². The van der Waals surface area contributed by atoms with Crippen molar-refractivity contribution in [3.05, 3.63) is 29.3 Å². The standard InChI is InChI=1S/C12H14ClNO3S/c13-9-2-1-3-12(6-9)18(15,16)14-10-4-5-11(14)8-17-7-10/h1-3,6,10-11H,4-5,7-8H2. The lowest BCUT2D eigenvalue weighted by molar-refractivity contribution is 0.0269. The van der Waals surface area contributed by atoms with Gasteiger partial charge in [0.05, 0.1) is 18.1 Å². The van der Waals surface area contributed by atoms with E-state index in [0.717, 1.165) is 12.8 Å². The lowest BCUT2D eigenvalue weighted by Crippen LogP contribution is -2.48. The number of hydrogen-bond donors (Lipinski definition) is 0. The molecule has 1 aromatic rings. The van der Waals surface area contributed by atoms with Gasteiger partial charge in [0.1, 0.15) is 0 Å². The summed E-state index contributed by atoms with van der Waals surface area (Å²) in [6.07, 6.45) is 1.76. The third-order valence-corrected chi connectivity index (χ3v) is 5.78. The predicted molar refractivity (Wildman–Crippen MR) is 68.1 cm³/mol. The summed E-state index contributed by atoms with van der Waals surface area (Å²) in [6.45, 7) is 0.993. The van der Waals surface area contributed by atoms with E-state index in [2.05, 4.69) is 0 Å². The van der Waals surface area contributed by atoms with Crippen molar-refractivity contribution >= 4 is 21.6 Å². The second kappa shape index (κ2) is 4.49. The van der Waals surface area contributed by atoms with Gasteiger partial charge in [0.2, 0.25) is 10.0 Å². The highest BCUT2D eigenvalue weighted by atomic mass is 35.5. The number of fused-ring (bicyclic) bond motifs is 2. The zero-order chi connectivity index (χ0) is 12.8. The van der Waals surface area contributed by atoms with Crippen molar-refractivity contribution in [1.82, 2.24) is 4.31 Å². The third-order valence-electron chi connectivity index (χ3n) is 3.54. The Morgan fingerprint density at radius 1 is 1.22 bits per heavy atom.